The SMILES string of the molecule is COCC(=O)C1CCCCC1CN. The molecule has 0 aromatic carbocycles. The van der Waals surface area contributed by atoms with E-state index in [4.69, 9.17) is 10.5 Å². The maximum Gasteiger partial charge on any atom is 0.161 e. The highest BCUT2D eigenvalue weighted by atomic mass is 16.5. The first-order chi connectivity index (χ1) is 6.29. The molecule has 1 saturated carbocycles. The zero-order chi connectivity index (χ0) is 9.68. The topological polar surface area (TPSA) is 52.3 Å². The van der Waals surface area contributed by atoms with Crippen LogP contribution >= 0.6 is 0 Å². The fourth-order valence-corrected chi connectivity index (χ4v) is 2.16. The molecule has 2 atom stereocenters. The van der Waals surface area contributed by atoms with Crippen LogP contribution < -0.4 is 5.73 Å². The average molecular weight is 185 g/mol. The summed E-state index contributed by atoms with van der Waals surface area (Å²) >= 11 is 0. The summed E-state index contributed by atoms with van der Waals surface area (Å²) < 4.78 is 4.86. The van der Waals surface area contributed by atoms with Crippen LogP contribution in [0.5, 0.6) is 0 Å². The molecule has 3 heteroatoms. The summed E-state index contributed by atoms with van der Waals surface area (Å²) in [6, 6.07) is 0. The molecular weight excluding hydrogens is 166 g/mol. The molecule has 0 radical (unpaired) electrons. The van der Waals surface area contributed by atoms with Crippen molar-refractivity contribution in [2.45, 2.75) is 25.7 Å². The molecule has 3 nitrogen and oxygen atoms in total. The Labute approximate surface area is 79.6 Å². The van der Waals surface area contributed by atoms with Gasteiger partial charge in [-0.25, -0.2) is 0 Å². The molecule has 76 valence electrons. The predicted molar refractivity (Wildman–Crippen MR) is 51.4 cm³/mol. The number of ether oxygens (including phenoxy) is 1. The van der Waals surface area contributed by atoms with Gasteiger partial charge in [-0.15, -0.1) is 0 Å². The van der Waals surface area contributed by atoms with Crippen molar-refractivity contribution in [1.29, 1.82) is 0 Å². The Morgan fingerprint density at radius 2 is 2.15 bits per heavy atom. The molecular formula is C10H19NO2. The van der Waals surface area contributed by atoms with E-state index in [0.29, 0.717) is 12.5 Å². The first-order valence-electron chi connectivity index (χ1n) is 5.01. The monoisotopic (exact) mass is 185 g/mol. The van der Waals surface area contributed by atoms with Crippen LogP contribution in [-0.2, 0) is 9.53 Å². The van der Waals surface area contributed by atoms with Crippen LogP contribution in [0.4, 0.5) is 0 Å². The van der Waals surface area contributed by atoms with E-state index in [1.165, 1.54) is 6.42 Å². The van der Waals surface area contributed by atoms with Crippen LogP contribution in [0.15, 0.2) is 0 Å². The summed E-state index contributed by atoms with van der Waals surface area (Å²) in [6.07, 6.45) is 4.50. The quantitative estimate of drug-likeness (QED) is 0.710. The van der Waals surface area contributed by atoms with Gasteiger partial charge < -0.3 is 10.5 Å². The van der Waals surface area contributed by atoms with Gasteiger partial charge in [0.2, 0.25) is 0 Å². The summed E-state index contributed by atoms with van der Waals surface area (Å²) in [7, 11) is 1.57. The van der Waals surface area contributed by atoms with Crippen LogP contribution in [0.25, 0.3) is 0 Å². The number of hydrogen-bond donors (Lipinski definition) is 1. The Hall–Kier alpha value is -0.410. The standard InChI is InChI=1S/C10H19NO2/c1-13-7-10(12)9-5-3-2-4-8(9)6-11/h8-9H,2-7,11H2,1H3. The van der Waals surface area contributed by atoms with Gasteiger partial charge in [0, 0.05) is 13.0 Å². The lowest BCUT2D eigenvalue weighted by Gasteiger charge is -2.29. The molecule has 0 aromatic rings. The molecule has 2 N–H and O–H groups in total. The molecule has 1 rings (SSSR count). The molecule has 0 aliphatic heterocycles. The van der Waals surface area contributed by atoms with E-state index in [1.807, 2.05) is 0 Å². The summed E-state index contributed by atoms with van der Waals surface area (Å²) in [5.74, 6) is 0.799. The number of rotatable bonds is 4. The van der Waals surface area contributed by atoms with Crippen molar-refractivity contribution in [2.75, 3.05) is 20.3 Å². The zero-order valence-corrected chi connectivity index (χ0v) is 8.29. The Bertz CT molecular complexity index is 170. The van der Waals surface area contributed by atoms with Crippen molar-refractivity contribution in [3.63, 3.8) is 0 Å². The highest BCUT2D eigenvalue weighted by Gasteiger charge is 2.29. The number of nitrogens with two attached hydrogens (primary N) is 1. The number of methoxy groups -OCH3 is 1. The van der Waals surface area contributed by atoms with Crippen molar-refractivity contribution >= 4 is 5.78 Å². The highest BCUT2D eigenvalue weighted by molar-refractivity contribution is 5.82. The molecule has 0 spiro atoms. The average Bonchev–Trinajstić information content (AvgIpc) is 2.18. The van der Waals surface area contributed by atoms with Gasteiger partial charge in [-0.05, 0) is 25.3 Å². The lowest BCUT2D eigenvalue weighted by atomic mass is 9.77. The number of hydrogen-bond acceptors (Lipinski definition) is 3. The summed E-state index contributed by atoms with van der Waals surface area (Å²) in [4.78, 5) is 11.6. The zero-order valence-electron chi connectivity index (χ0n) is 8.29. The number of Topliss-reactive ketones (excluding diaryl/α,β-unsaturated/α-hetero) is 1. The molecule has 1 fully saturated rings. The molecule has 0 heterocycles. The van der Waals surface area contributed by atoms with E-state index in [0.717, 1.165) is 19.3 Å². The molecule has 2 unspecified atom stereocenters. The van der Waals surface area contributed by atoms with Gasteiger partial charge >= 0.3 is 0 Å². The normalized spacial score (nSPS) is 28.8. The Morgan fingerprint density at radius 1 is 1.46 bits per heavy atom. The van der Waals surface area contributed by atoms with Gasteiger partial charge in [-0.1, -0.05) is 12.8 Å². The lowest BCUT2D eigenvalue weighted by Crippen LogP contribution is -2.34. The van der Waals surface area contributed by atoms with E-state index in [9.17, 15) is 4.79 Å². The Kier molecular flexibility index (Phi) is 4.39. The number of carbonyl (C=O) groups excluding carboxylic acids is 1. The van der Waals surface area contributed by atoms with E-state index in [2.05, 4.69) is 0 Å². The van der Waals surface area contributed by atoms with Crippen LogP contribution in [0.1, 0.15) is 25.7 Å². The van der Waals surface area contributed by atoms with E-state index in [1.54, 1.807) is 7.11 Å². The van der Waals surface area contributed by atoms with Gasteiger partial charge in [0.15, 0.2) is 5.78 Å². The summed E-state index contributed by atoms with van der Waals surface area (Å²) in [5, 5.41) is 0. The molecule has 13 heavy (non-hydrogen) atoms. The first kappa shape index (κ1) is 10.7. The summed E-state index contributed by atoms with van der Waals surface area (Å²) in [5.41, 5.74) is 5.63. The van der Waals surface area contributed by atoms with Gasteiger partial charge in [-0.2, -0.15) is 0 Å². The molecule has 0 aromatic heterocycles. The molecule has 0 bridgehead atoms. The largest absolute Gasteiger partial charge is 0.377 e. The molecule has 1 aliphatic rings. The predicted octanol–water partition coefficient (Wildman–Crippen LogP) is 0.967. The highest BCUT2D eigenvalue weighted by Crippen LogP contribution is 2.29. The van der Waals surface area contributed by atoms with Gasteiger partial charge in [0.1, 0.15) is 6.61 Å². The first-order valence-corrected chi connectivity index (χ1v) is 5.01. The molecule has 0 amide bonds. The fraction of sp³-hybridized carbons (Fsp3) is 0.900. The second kappa shape index (κ2) is 5.35. The van der Waals surface area contributed by atoms with E-state index in [-0.39, 0.29) is 18.3 Å². The van der Waals surface area contributed by atoms with Crippen LogP contribution in [0, 0.1) is 11.8 Å². The fourth-order valence-electron chi connectivity index (χ4n) is 2.16. The van der Waals surface area contributed by atoms with E-state index < -0.39 is 0 Å². The second-order valence-electron chi connectivity index (χ2n) is 3.79. The van der Waals surface area contributed by atoms with Crippen LogP contribution in [0.2, 0.25) is 0 Å². The Morgan fingerprint density at radius 3 is 2.77 bits per heavy atom. The van der Waals surface area contributed by atoms with Crippen LogP contribution in [-0.4, -0.2) is 26.0 Å². The van der Waals surface area contributed by atoms with Crippen molar-refractivity contribution in [3.05, 3.63) is 0 Å². The van der Waals surface area contributed by atoms with Gasteiger partial charge in [0.05, 0.1) is 0 Å². The molecule has 1 aliphatic carbocycles. The minimum absolute atomic E-state index is 0.165. The second-order valence-corrected chi connectivity index (χ2v) is 3.79. The third kappa shape index (κ3) is 2.78. The van der Waals surface area contributed by atoms with Crippen molar-refractivity contribution in [2.24, 2.45) is 17.6 Å². The third-order valence-corrected chi connectivity index (χ3v) is 2.91. The Balaban J connectivity index is 2.48. The van der Waals surface area contributed by atoms with Crippen molar-refractivity contribution < 1.29 is 9.53 Å². The van der Waals surface area contributed by atoms with Gasteiger partial charge in [-0.3, -0.25) is 4.79 Å². The minimum Gasteiger partial charge on any atom is -0.377 e. The maximum atomic E-state index is 11.6. The van der Waals surface area contributed by atoms with Crippen LogP contribution in [0.3, 0.4) is 0 Å². The van der Waals surface area contributed by atoms with E-state index >= 15 is 0 Å². The minimum atomic E-state index is 0.165. The number of carbonyl (C=O) groups is 1. The van der Waals surface area contributed by atoms with Gasteiger partial charge in [0.25, 0.3) is 0 Å². The third-order valence-electron chi connectivity index (χ3n) is 2.91. The van der Waals surface area contributed by atoms with Crippen molar-refractivity contribution in [1.82, 2.24) is 0 Å². The number of ketones is 1. The lowest BCUT2D eigenvalue weighted by molar-refractivity contribution is -0.129. The molecule has 0 saturated heterocycles. The maximum absolute atomic E-state index is 11.6. The smallest absolute Gasteiger partial charge is 0.161 e. The summed E-state index contributed by atoms with van der Waals surface area (Å²) in [6.45, 7) is 0.890. The van der Waals surface area contributed by atoms with Crippen molar-refractivity contribution in [3.8, 4) is 0 Å².